The Kier molecular flexibility index (Phi) is 5.18. The van der Waals surface area contributed by atoms with Crippen LogP contribution in [0, 0.1) is 13.8 Å². The maximum Gasteiger partial charge on any atom is 0.313 e. The summed E-state index contributed by atoms with van der Waals surface area (Å²) in [6.07, 6.45) is 0.931. The molecule has 122 valence electrons. The molecule has 1 atom stereocenters. The highest BCUT2D eigenvalue weighted by molar-refractivity contribution is 6.39. The molecule has 0 saturated carbocycles. The third kappa shape index (κ3) is 4.43. The molecule has 0 aliphatic carbocycles. The van der Waals surface area contributed by atoms with Crippen LogP contribution in [0.25, 0.3) is 0 Å². The van der Waals surface area contributed by atoms with Crippen LogP contribution < -0.4 is 10.6 Å². The average molecular weight is 315 g/mol. The minimum absolute atomic E-state index is 0.0308. The first-order valence-electron chi connectivity index (χ1n) is 7.33. The molecule has 0 saturated heterocycles. The molecule has 1 aromatic heterocycles. The van der Waals surface area contributed by atoms with E-state index >= 15 is 0 Å². The first kappa shape index (κ1) is 16.8. The van der Waals surface area contributed by atoms with Crippen molar-refractivity contribution in [2.24, 2.45) is 7.05 Å². The Labute approximate surface area is 135 Å². The molecular weight excluding hydrogens is 294 g/mol. The molecule has 0 bridgehead atoms. The van der Waals surface area contributed by atoms with E-state index in [4.69, 9.17) is 0 Å². The van der Waals surface area contributed by atoms with E-state index in [1.807, 2.05) is 19.9 Å². The summed E-state index contributed by atoms with van der Waals surface area (Å²) < 4.78 is 1.76. The van der Waals surface area contributed by atoms with Gasteiger partial charge in [-0.2, -0.15) is 0 Å². The van der Waals surface area contributed by atoms with Gasteiger partial charge in [0.25, 0.3) is 0 Å². The minimum Gasteiger partial charge on any atom is -0.385 e. The second-order valence-corrected chi connectivity index (χ2v) is 5.60. The average Bonchev–Trinajstić information content (AvgIpc) is 2.89. The highest BCUT2D eigenvalue weighted by Gasteiger charge is 2.17. The number of nitrogens with zero attached hydrogens (tertiary/aromatic N) is 1. The highest BCUT2D eigenvalue weighted by atomic mass is 16.3. The fourth-order valence-electron chi connectivity index (χ4n) is 2.43. The minimum atomic E-state index is -0.868. The van der Waals surface area contributed by atoms with Crippen molar-refractivity contribution in [1.29, 1.82) is 0 Å². The van der Waals surface area contributed by atoms with Gasteiger partial charge in [0.05, 0.1) is 0 Å². The third-order valence-electron chi connectivity index (χ3n) is 3.47. The van der Waals surface area contributed by atoms with E-state index in [1.165, 1.54) is 0 Å². The molecule has 0 aliphatic heterocycles. The lowest BCUT2D eigenvalue weighted by Gasteiger charge is -2.13. The van der Waals surface area contributed by atoms with Crippen molar-refractivity contribution in [2.75, 3.05) is 11.9 Å². The van der Waals surface area contributed by atoms with Crippen molar-refractivity contribution >= 4 is 17.5 Å². The standard InChI is InChI=1S/C17H21N3O3/c1-11-7-12(2)9-13(8-11)19-17(23)16(22)18-10-15(21)14-5-4-6-20(14)3/h4-9,15,21H,10H2,1-3H3,(H,18,22)(H,19,23). The van der Waals surface area contributed by atoms with Crippen molar-refractivity contribution in [3.63, 3.8) is 0 Å². The predicted octanol–water partition coefficient (Wildman–Crippen LogP) is 1.43. The summed E-state index contributed by atoms with van der Waals surface area (Å²) in [7, 11) is 1.80. The fourth-order valence-corrected chi connectivity index (χ4v) is 2.43. The number of aliphatic hydroxyl groups is 1. The van der Waals surface area contributed by atoms with Gasteiger partial charge in [0.15, 0.2) is 0 Å². The monoisotopic (exact) mass is 315 g/mol. The van der Waals surface area contributed by atoms with Crippen LogP contribution in [-0.4, -0.2) is 28.0 Å². The van der Waals surface area contributed by atoms with Gasteiger partial charge in [0, 0.05) is 31.2 Å². The molecule has 0 fully saturated rings. The van der Waals surface area contributed by atoms with Crippen LogP contribution in [0.4, 0.5) is 5.69 Å². The quantitative estimate of drug-likeness (QED) is 0.746. The topological polar surface area (TPSA) is 83.4 Å². The fraction of sp³-hybridized carbons (Fsp3) is 0.294. The van der Waals surface area contributed by atoms with Crippen LogP contribution in [0.1, 0.15) is 22.9 Å². The van der Waals surface area contributed by atoms with Crippen molar-refractivity contribution in [3.05, 3.63) is 53.3 Å². The van der Waals surface area contributed by atoms with Crippen molar-refractivity contribution in [1.82, 2.24) is 9.88 Å². The van der Waals surface area contributed by atoms with Gasteiger partial charge in [-0.05, 0) is 49.2 Å². The first-order valence-corrected chi connectivity index (χ1v) is 7.33. The first-order chi connectivity index (χ1) is 10.9. The summed E-state index contributed by atoms with van der Waals surface area (Å²) in [5.41, 5.74) is 3.24. The second-order valence-electron chi connectivity index (χ2n) is 5.60. The predicted molar refractivity (Wildman–Crippen MR) is 87.9 cm³/mol. The smallest absolute Gasteiger partial charge is 0.313 e. The lowest BCUT2D eigenvalue weighted by Crippen LogP contribution is -2.37. The third-order valence-corrected chi connectivity index (χ3v) is 3.47. The maximum absolute atomic E-state index is 11.9. The number of aliphatic hydroxyl groups excluding tert-OH is 1. The number of nitrogens with one attached hydrogen (secondary N) is 2. The summed E-state index contributed by atoms with van der Waals surface area (Å²) in [4.78, 5) is 23.7. The summed E-state index contributed by atoms with van der Waals surface area (Å²) in [5, 5.41) is 15.0. The summed E-state index contributed by atoms with van der Waals surface area (Å²) in [5.74, 6) is -1.54. The summed E-state index contributed by atoms with van der Waals surface area (Å²) in [6.45, 7) is 3.80. The number of hydrogen-bond donors (Lipinski definition) is 3. The van der Waals surface area contributed by atoms with Gasteiger partial charge in [-0.15, -0.1) is 0 Å². The van der Waals surface area contributed by atoms with Crippen LogP contribution in [0.5, 0.6) is 0 Å². The molecule has 2 aromatic rings. The molecule has 2 rings (SSSR count). The van der Waals surface area contributed by atoms with E-state index in [1.54, 1.807) is 42.1 Å². The Morgan fingerprint density at radius 3 is 2.39 bits per heavy atom. The number of aromatic nitrogens is 1. The Bertz CT molecular complexity index is 701. The van der Waals surface area contributed by atoms with E-state index in [0.717, 1.165) is 11.1 Å². The van der Waals surface area contributed by atoms with Gasteiger partial charge in [-0.3, -0.25) is 9.59 Å². The molecule has 23 heavy (non-hydrogen) atoms. The van der Waals surface area contributed by atoms with Crippen LogP contribution >= 0.6 is 0 Å². The van der Waals surface area contributed by atoms with Gasteiger partial charge in [-0.1, -0.05) is 6.07 Å². The van der Waals surface area contributed by atoms with Crippen LogP contribution in [-0.2, 0) is 16.6 Å². The Hall–Kier alpha value is -2.60. The summed E-state index contributed by atoms with van der Waals surface area (Å²) >= 11 is 0. The molecule has 0 aliphatic rings. The second kappa shape index (κ2) is 7.11. The maximum atomic E-state index is 11.9. The molecule has 1 aromatic carbocycles. The molecular formula is C17H21N3O3. The van der Waals surface area contributed by atoms with Crippen molar-refractivity contribution in [2.45, 2.75) is 20.0 Å². The van der Waals surface area contributed by atoms with Crippen LogP contribution in [0.3, 0.4) is 0 Å². The van der Waals surface area contributed by atoms with E-state index in [9.17, 15) is 14.7 Å². The molecule has 2 amide bonds. The Morgan fingerprint density at radius 1 is 1.17 bits per heavy atom. The van der Waals surface area contributed by atoms with Gasteiger partial charge in [0.1, 0.15) is 6.10 Å². The molecule has 6 heteroatoms. The number of carbonyl (C=O) groups is 2. The largest absolute Gasteiger partial charge is 0.385 e. The normalized spacial score (nSPS) is 11.8. The number of anilines is 1. The van der Waals surface area contributed by atoms with Gasteiger partial charge in [-0.25, -0.2) is 0 Å². The highest BCUT2D eigenvalue weighted by Crippen LogP contribution is 2.14. The van der Waals surface area contributed by atoms with Gasteiger partial charge >= 0.3 is 11.8 Å². The molecule has 0 radical (unpaired) electrons. The number of benzene rings is 1. The molecule has 6 nitrogen and oxygen atoms in total. The van der Waals surface area contributed by atoms with Gasteiger partial charge in [0.2, 0.25) is 0 Å². The molecule has 1 heterocycles. The van der Waals surface area contributed by atoms with E-state index in [2.05, 4.69) is 10.6 Å². The molecule has 3 N–H and O–H groups in total. The lowest BCUT2D eigenvalue weighted by atomic mass is 10.1. The van der Waals surface area contributed by atoms with E-state index in [0.29, 0.717) is 11.4 Å². The molecule has 1 unspecified atom stereocenters. The van der Waals surface area contributed by atoms with Crippen LogP contribution in [0.15, 0.2) is 36.5 Å². The zero-order valence-corrected chi connectivity index (χ0v) is 13.5. The Morgan fingerprint density at radius 2 is 1.83 bits per heavy atom. The lowest BCUT2D eigenvalue weighted by molar-refractivity contribution is -0.136. The van der Waals surface area contributed by atoms with E-state index < -0.39 is 17.9 Å². The number of amides is 2. The molecule has 0 spiro atoms. The number of hydrogen-bond acceptors (Lipinski definition) is 3. The number of carbonyl (C=O) groups excluding carboxylic acids is 2. The van der Waals surface area contributed by atoms with Crippen molar-refractivity contribution < 1.29 is 14.7 Å². The SMILES string of the molecule is Cc1cc(C)cc(NC(=O)C(=O)NCC(O)c2cccn2C)c1. The summed E-state index contributed by atoms with van der Waals surface area (Å²) in [6, 6.07) is 9.11. The van der Waals surface area contributed by atoms with Crippen molar-refractivity contribution in [3.8, 4) is 0 Å². The van der Waals surface area contributed by atoms with Gasteiger partial charge < -0.3 is 20.3 Å². The number of aryl methyl sites for hydroxylation is 3. The number of rotatable bonds is 4. The van der Waals surface area contributed by atoms with E-state index in [-0.39, 0.29) is 6.54 Å². The zero-order valence-electron chi connectivity index (χ0n) is 13.5. The Balaban J connectivity index is 1.90. The zero-order chi connectivity index (χ0) is 17.0. The van der Waals surface area contributed by atoms with Crippen LogP contribution in [0.2, 0.25) is 0 Å².